The summed E-state index contributed by atoms with van der Waals surface area (Å²) in [4.78, 5) is 0. The van der Waals surface area contributed by atoms with Crippen LogP contribution < -0.4 is 0 Å². The molecule has 0 amide bonds. The highest BCUT2D eigenvalue weighted by Gasteiger charge is 2.31. The Balaban J connectivity index is 2.65. The number of rotatable bonds is 0. The first kappa shape index (κ1) is 12.1. The van der Waals surface area contributed by atoms with Crippen molar-refractivity contribution in [2.45, 2.75) is 73.1 Å². The van der Waals surface area contributed by atoms with Crippen molar-refractivity contribution in [2.75, 3.05) is 0 Å². The van der Waals surface area contributed by atoms with Gasteiger partial charge in [-0.15, -0.1) is 0 Å². The molecule has 0 radical (unpaired) electrons. The molecular weight excluding hydrogens is 168 g/mol. The van der Waals surface area contributed by atoms with Crippen LogP contribution in [-0.4, -0.2) is 0 Å². The molecule has 0 bridgehead atoms. The fourth-order valence-corrected chi connectivity index (χ4v) is 2.78. The van der Waals surface area contributed by atoms with E-state index in [4.69, 9.17) is 0 Å². The normalized spacial score (nSPS) is 29.4. The SMILES string of the molecule is CC1(C)CCCCCC(C(C)(C)C)C1. The maximum Gasteiger partial charge on any atom is -0.0351 e. The van der Waals surface area contributed by atoms with Crippen LogP contribution in [0, 0.1) is 16.7 Å². The Hall–Kier alpha value is 0. The second kappa shape index (κ2) is 4.24. The molecule has 1 unspecified atom stereocenters. The van der Waals surface area contributed by atoms with Crippen LogP contribution in [0.3, 0.4) is 0 Å². The predicted octanol–water partition coefficient (Wildman–Crippen LogP) is 5.03. The Bertz CT molecular complexity index is 171. The third-order valence-electron chi connectivity index (χ3n) is 3.93. The monoisotopic (exact) mass is 196 g/mol. The van der Waals surface area contributed by atoms with Gasteiger partial charge >= 0.3 is 0 Å². The van der Waals surface area contributed by atoms with Crippen LogP contribution in [0.5, 0.6) is 0 Å². The summed E-state index contributed by atoms with van der Waals surface area (Å²) in [5.41, 5.74) is 1.09. The van der Waals surface area contributed by atoms with E-state index in [1.807, 2.05) is 0 Å². The van der Waals surface area contributed by atoms with E-state index in [0.29, 0.717) is 10.8 Å². The highest BCUT2D eigenvalue weighted by Crippen LogP contribution is 2.43. The largest absolute Gasteiger partial charge is 0.0599 e. The van der Waals surface area contributed by atoms with E-state index in [0.717, 1.165) is 5.92 Å². The molecule has 1 atom stereocenters. The summed E-state index contributed by atoms with van der Waals surface area (Å²) in [5, 5.41) is 0. The average Bonchev–Trinajstić information content (AvgIpc) is 1.95. The zero-order valence-corrected chi connectivity index (χ0v) is 10.8. The van der Waals surface area contributed by atoms with Gasteiger partial charge in [0.15, 0.2) is 0 Å². The molecular formula is C14H28. The van der Waals surface area contributed by atoms with Crippen molar-refractivity contribution in [1.29, 1.82) is 0 Å². The van der Waals surface area contributed by atoms with Crippen molar-refractivity contribution in [1.82, 2.24) is 0 Å². The molecule has 0 aromatic heterocycles. The van der Waals surface area contributed by atoms with Crippen molar-refractivity contribution in [2.24, 2.45) is 16.7 Å². The molecule has 0 aromatic carbocycles. The fraction of sp³-hybridized carbons (Fsp3) is 1.00. The summed E-state index contributed by atoms with van der Waals surface area (Å²) < 4.78 is 0. The minimum atomic E-state index is 0.509. The van der Waals surface area contributed by atoms with E-state index in [1.54, 1.807) is 0 Å². The molecule has 84 valence electrons. The first-order valence-corrected chi connectivity index (χ1v) is 6.31. The van der Waals surface area contributed by atoms with E-state index in [9.17, 15) is 0 Å². The van der Waals surface area contributed by atoms with Crippen LogP contribution in [-0.2, 0) is 0 Å². The lowest BCUT2D eigenvalue weighted by Crippen LogP contribution is -2.28. The number of hydrogen-bond acceptors (Lipinski definition) is 0. The lowest BCUT2D eigenvalue weighted by atomic mass is 9.67. The van der Waals surface area contributed by atoms with E-state index < -0.39 is 0 Å². The smallest absolute Gasteiger partial charge is 0.0351 e. The Morgan fingerprint density at radius 2 is 1.64 bits per heavy atom. The van der Waals surface area contributed by atoms with E-state index in [2.05, 4.69) is 34.6 Å². The molecule has 0 heteroatoms. The summed E-state index contributed by atoms with van der Waals surface area (Å²) in [6.07, 6.45) is 8.67. The van der Waals surface area contributed by atoms with Gasteiger partial charge in [-0.3, -0.25) is 0 Å². The zero-order valence-electron chi connectivity index (χ0n) is 10.8. The third-order valence-corrected chi connectivity index (χ3v) is 3.93. The van der Waals surface area contributed by atoms with Crippen LogP contribution >= 0.6 is 0 Å². The molecule has 1 aliphatic carbocycles. The third kappa shape index (κ3) is 3.63. The Morgan fingerprint density at radius 3 is 2.21 bits per heavy atom. The van der Waals surface area contributed by atoms with Gasteiger partial charge in [0.25, 0.3) is 0 Å². The van der Waals surface area contributed by atoms with Gasteiger partial charge in [-0.2, -0.15) is 0 Å². The minimum Gasteiger partial charge on any atom is -0.0599 e. The lowest BCUT2D eigenvalue weighted by Gasteiger charge is -2.39. The molecule has 0 saturated heterocycles. The molecule has 0 aromatic rings. The summed E-state index contributed by atoms with van der Waals surface area (Å²) in [5.74, 6) is 0.929. The standard InChI is InChI=1S/C14H28/c1-13(2,3)12-9-7-6-8-10-14(4,5)11-12/h12H,6-11H2,1-5H3. The lowest BCUT2D eigenvalue weighted by molar-refractivity contribution is 0.121. The van der Waals surface area contributed by atoms with Gasteiger partial charge in [0.2, 0.25) is 0 Å². The highest BCUT2D eigenvalue weighted by atomic mass is 14.4. The van der Waals surface area contributed by atoms with Gasteiger partial charge in [0.05, 0.1) is 0 Å². The molecule has 1 aliphatic rings. The van der Waals surface area contributed by atoms with Crippen LogP contribution in [0.25, 0.3) is 0 Å². The number of hydrogen-bond donors (Lipinski definition) is 0. The van der Waals surface area contributed by atoms with Crippen LogP contribution in [0.4, 0.5) is 0 Å². The molecule has 0 heterocycles. The minimum absolute atomic E-state index is 0.509. The van der Waals surface area contributed by atoms with Crippen molar-refractivity contribution in [3.63, 3.8) is 0 Å². The molecule has 14 heavy (non-hydrogen) atoms. The zero-order chi connectivity index (χ0) is 10.8. The Kier molecular flexibility index (Phi) is 3.66. The van der Waals surface area contributed by atoms with E-state index in [-0.39, 0.29) is 0 Å². The van der Waals surface area contributed by atoms with Gasteiger partial charge < -0.3 is 0 Å². The molecule has 0 spiro atoms. The van der Waals surface area contributed by atoms with E-state index >= 15 is 0 Å². The van der Waals surface area contributed by atoms with Crippen molar-refractivity contribution in [3.8, 4) is 0 Å². The van der Waals surface area contributed by atoms with Gasteiger partial charge in [0.1, 0.15) is 0 Å². The molecule has 1 saturated carbocycles. The summed E-state index contributed by atoms with van der Waals surface area (Å²) >= 11 is 0. The first-order chi connectivity index (χ1) is 6.31. The molecule has 0 aliphatic heterocycles. The topological polar surface area (TPSA) is 0 Å². The second-order valence-corrected chi connectivity index (χ2v) is 7.03. The fourth-order valence-electron chi connectivity index (χ4n) is 2.78. The molecule has 1 fully saturated rings. The second-order valence-electron chi connectivity index (χ2n) is 7.03. The molecule has 1 rings (SSSR count). The maximum absolute atomic E-state index is 2.46. The quantitative estimate of drug-likeness (QED) is 0.510. The van der Waals surface area contributed by atoms with Crippen LogP contribution in [0.1, 0.15) is 73.1 Å². The Labute approximate surface area is 90.5 Å². The van der Waals surface area contributed by atoms with Crippen molar-refractivity contribution < 1.29 is 0 Å². The molecule has 0 nitrogen and oxygen atoms in total. The van der Waals surface area contributed by atoms with Gasteiger partial charge in [-0.05, 0) is 36.0 Å². The van der Waals surface area contributed by atoms with Crippen LogP contribution in [0.15, 0.2) is 0 Å². The van der Waals surface area contributed by atoms with Crippen molar-refractivity contribution >= 4 is 0 Å². The summed E-state index contributed by atoms with van der Waals surface area (Å²) in [6.45, 7) is 12.1. The van der Waals surface area contributed by atoms with Gasteiger partial charge in [-0.25, -0.2) is 0 Å². The van der Waals surface area contributed by atoms with Gasteiger partial charge in [-0.1, -0.05) is 53.9 Å². The molecule has 0 N–H and O–H groups in total. The summed E-state index contributed by atoms with van der Waals surface area (Å²) in [6, 6.07) is 0. The first-order valence-electron chi connectivity index (χ1n) is 6.31. The maximum atomic E-state index is 2.46. The average molecular weight is 196 g/mol. The van der Waals surface area contributed by atoms with Crippen molar-refractivity contribution in [3.05, 3.63) is 0 Å². The van der Waals surface area contributed by atoms with E-state index in [1.165, 1.54) is 38.5 Å². The summed E-state index contributed by atoms with van der Waals surface area (Å²) in [7, 11) is 0. The predicted molar refractivity (Wildman–Crippen MR) is 64.4 cm³/mol. The Morgan fingerprint density at radius 1 is 1.00 bits per heavy atom. The van der Waals surface area contributed by atoms with Gasteiger partial charge in [0, 0.05) is 0 Å². The highest BCUT2D eigenvalue weighted by molar-refractivity contribution is 4.82. The van der Waals surface area contributed by atoms with Crippen LogP contribution in [0.2, 0.25) is 0 Å².